The van der Waals surface area contributed by atoms with Gasteiger partial charge in [-0.1, -0.05) is 15.9 Å². The van der Waals surface area contributed by atoms with Crippen molar-refractivity contribution >= 4 is 44.2 Å². The number of nitrogens with zero attached hydrogens (tertiary/aromatic N) is 3. The van der Waals surface area contributed by atoms with Gasteiger partial charge in [0.1, 0.15) is 11.6 Å². The van der Waals surface area contributed by atoms with Crippen LogP contribution in [0.3, 0.4) is 0 Å². The van der Waals surface area contributed by atoms with E-state index in [1.54, 1.807) is 23.2 Å². The fourth-order valence-electron chi connectivity index (χ4n) is 3.23. The molecule has 1 aliphatic heterocycles. The minimum atomic E-state index is -0.385. The van der Waals surface area contributed by atoms with E-state index in [1.165, 1.54) is 6.07 Å². The Kier molecular flexibility index (Phi) is 4.84. The second-order valence-electron chi connectivity index (χ2n) is 6.36. The second-order valence-corrected chi connectivity index (χ2v) is 7.28. The Hall–Kier alpha value is -2.45. The van der Waals surface area contributed by atoms with Gasteiger partial charge in [0.05, 0.1) is 30.0 Å². The van der Waals surface area contributed by atoms with Crippen LogP contribution in [0.25, 0.3) is 10.9 Å². The van der Waals surface area contributed by atoms with Crippen molar-refractivity contribution in [2.75, 3.05) is 31.6 Å². The molecule has 4 rings (SSSR count). The number of hydrogen-bond donors (Lipinski definition) is 1. The number of fused-ring (bicyclic) bond motifs is 1. The molecule has 3 heterocycles. The van der Waals surface area contributed by atoms with E-state index < -0.39 is 0 Å². The van der Waals surface area contributed by atoms with Crippen LogP contribution < -0.4 is 5.32 Å². The first kappa shape index (κ1) is 17.9. The lowest BCUT2D eigenvalue weighted by molar-refractivity contribution is 0.0303. The number of amides is 1. The number of carbonyl (C=O) groups excluding carboxylic acids is 1. The minimum absolute atomic E-state index is 0.0704. The maximum absolute atomic E-state index is 14.2. The van der Waals surface area contributed by atoms with E-state index in [9.17, 15) is 9.18 Å². The zero-order valence-corrected chi connectivity index (χ0v) is 16.3. The molecule has 1 saturated heterocycles. The molecule has 1 N–H and O–H groups in total. The van der Waals surface area contributed by atoms with Crippen molar-refractivity contribution in [2.24, 2.45) is 7.05 Å². The largest absolute Gasteiger partial charge is 0.378 e. The number of morpholine rings is 1. The average Bonchev–Trinajstić information content (AvgIpc) is 3.07. The highest BCUT2D eigenvalue weighted by Crippen LogP contribution is 2.30. The van der Waals surface area contributed by atoms with E-state index in [2.05, 4.69) is 26.2 Å². The van der Waals surface area contributed by atoms with Crippen LogP contribution in [0.1, 0.15) is 10.4 Å². The summed E-state index contributed by atoms with van der Waals surface area (Å²) in [4.78, 5) is 19.1. The zero-order valence-electron chi connectivity index (χ0n) is 14.7. The van der Waals surface area contributed by atoms with Crippen LogP contribution >= 0.6 is 15.9 Å². The third-order valence-corrected chi connectivity index (χ3v) is 5.11. The molecular weight excluding hydrogens is 415 g/mol. The summed E-state index contributed by atoms with van der Waals surface area (Å²) in [5, 5.41) is 3.80. The van der Waals surface area contributed by atoms with Crippen LogP contribution in [-0.2, 0) is 11.8 Å². The van der Waals surface area contributed by atoms with Crippen molar-refractivity contribution in [3.8, 4) is 0 Å². The summed E-state index contributed by atoms with van der Waals surface area (Å²) in [5.74, 6) is 0.0491. The molecule has 6 nitrogen and oxygen atoms in total. The van der Waals surface area contributed by atoms with Gasteiger partial charge < -0.3 is 19.5 Å². The van der Waals surface area contributed by atoms with Crippen molar-refractivity contribution in [1.82, 2.24) is 14.5 Å². The molecule has 0 saturated carbocycles. The van der Waals surface area contributed by atoms with E-state index in [1.807, 2.05) is 23.9 Å². The highest BCUT2D eigenvalue weighted by Gasteiger charge is 2.23. The zero-order chi connectivity index (χ0) is 19.0. The molecule has 1 aliphatic rings. The quantitative estimate of drug-likeness (QED) is 0.685. The lowest BCUT2D eigenvalue weighted by atomic mass is 10.1. The Labute approximate surface area is 164 Å². The number of aryl methyl sites for hydroxylation is 1. The molecule has 1 fully saturated rings. The van der Waals surface area contributed by atoms with Crippen LogP contribution in [0, 0.1) is 5.82 Å². The molecule has 27 heavy (non-hydrogen) atoms. The molecule has 140 valence electrons. The number of pyridine rings is 1. The highest BCUT2D eigenvalue weighted by atomic mass is 79.9. The van der Waals surface area contributed by atoms with Crippen LogP contribution in [0.15, 0.2) is 41.1 Å². The van der Waals surface area contributed by atoms with Gasteiger partial charge in [-0.2, -0.15) is 0 Å². The first-order valence-electron chi connectivity index (χ1n) is 8.58. The monoisotopic (exact) mass is 432 g/mol. The summed E-state index contributed by atoms with van der Waals surface area (Å²) in [6, 6.07) is 6.66. The van der Waals surface area contributed by atoms with Crippen molar-refractivity contribution < 1.29 is 13.9 Å². The summed E-state index contributed by atoms with van der Waals surface area (Å²) >= 11 is 3.25. The summed E-state index contributed by atoms with van der Waals surface area (Å²) in [5.41, 5.74) is 1.62. The first-order valence-corrected chi connectivity index (χ1v) is 9.37. The summed E-state index contributed by atoms with van der Waals surface area (Å²) in [7, 11) is 1.88. The third-order valence-electron chi connectivity index (χ3n) is 4.62. The molecular formula is C19H18BrFN4O2. The predicted molar refractivity (Wildman–Crippen MR) is 105 cm³/mol. The van der Waals surface area contributed by atoms with Gasteiger partial charge in [-0.25, -0.2) is 9.37 Å². The first-order chi connectivity index (χ1) is 13.0. The van der Waals surface area contributed by atoms with Gasteiger partial charge >= 0.3 is 0 Å². The number of halogens is 2. The number of hydrogen-bond acceptors (Lipinski definition) is 4. The summed E-state index contributed by atoms with van der Waals surface area (Å²) in [6.07, 6.45) is 3.42. The van der Waals surface area contributed by atoms with Crippen LogP contribution in [0.5, 0.6) is 0 Å². The fourth-order valence-corrected chi connectivity index (χ4v) is 3.56. The number of benzene rings is 1. The Morgan fingerprint density at radius 2 is 2.07 bits per heavy atom. The number of ether oxygens (including phenoxy) is 1. The SMILES string of the molecule is Cn1ccc2c(Nc3ccc(Br)cc3F)ncc(C(=O)N3CCOCC3)c21. The molecule has 0 aliphatic carbocycles. The minimum Gasteiger partial charge on any atom is -0.378 e. The molecule has 2 aromatic heterocycles. The Balaban J connectivity index is 1.73. The van der Waals surface area contributed by atoms with E-state index in [4.69, 9.17) is 4.74 Å². The van der Waals surface area contributed by atoms with Crippen molar-refractivity contribution in [2.45, 2.75) is 0 Å². The van der Waals surface area contributed by atoms with Gasteiger partial charge in [-0.15, -0.1) is 0 Å². The molecule has 1 amide bonds. The van der Waals surface area contributed by atoms with Crippen LogP contribution in [0.4, 0.5) is 15.9 Å². The van der Waals surface area contributed by atoms with Crippen molar-refractivity contribution in [3.05, 3.63) is 52.5 Å². The lowest BCUT2D eigenvalue weighted by Gasteiger charge is -2.27. The fraction of sp³-hybridized carbons (Fsp3) is 0.263. The average molecular weight is 433 g/mol. The van der Waals surface area contributed by atoms with E-state index >= 15 is 0 Å². The molecule has 1 aromatic carbocycles. The molecule has 8 heteroatoms. The highest BCUT2D eigenvalue weighted by molar-refractivity contribution is 9.10. The summed E-state index contributed by atoms with van der Waals surface area (Å²) in [6.45, 7) is 2.21. The number of rotatable bonds is 3. The van der Waals surface area contributed by atoms with Gasteiger partial charge in [-0.3, -0.25) is 4.79 Å². The van der Waals surface area contributed by atoms with E-state index in [-0.39, 0.29) is 11.7 Å². The lowest BCUT2D eigenvalue weighted by Crippen LogP contribution is -2.40. The third kappa shape index (κ3) is 3.42. The summed E-state index contributed by atoms with van der Waals surface area (Å²) < 4.78 is 22.1. The van der Waals surface area contributed by atoms with Gasteiger partial charge in [0.2, 0.25) is 0 Å². The Morgan fingerprint density at radius 3 is 2.81 bits per heavy atom. The van der Waals surface area contributed by atoms with Gasteiger partial charge in [-0.05, 0) is 24.3 Å². The number of carbonyl (C=O) groups is 1. The Morgan fingerprint density at radius 1 is 1.30 bits per heavy atom. The molecule has 0 spiro atoms. The molecule has 0 radical (unpaired) electrons. The maximum Gasteiger partial charge on any atom is 0.257 e. The molecule has 0 unspecified atom stereocenters. The Bertz CT molecular complexity index is 1010. The van der Waals surface area contributed by atoms with E-state index in [0.29, 0.717) is 47.8 Å². The topological polar surface area (TPSA) is 59.4 Å². The van der Waals surface area contributed by atoms with E-state index in [0.717, 1.165) is 10.9 Å². The number of nitrogens with one attached hydrogen (secondary N) is 1. The molecule has 0 bridgehead atoms. The van der Waals surface area contributed by atoms with Gasteiger partial charge in [0.15, 0.2) is 0 Å². The van der Waals surface area contributed by atoms with Gasteiger partial charge in [0, 0.05) is 42.4 Å². The van der Waals surface area contributed by atoms with Crippen LogP contribution in [0.2, 0.25) is 0 Å². The van der Waals surface area contributed by atoms with Crippen molar-refractivity contribution in [3.63, 3.8) is 0 Å². The smallest absolute Gasteiger partial charge is 0.257 e. The van der Waals surface area contributed by atoms with Gasteiger partial charge in [0.25, 0.3) is 5.91 Å². The molecule has 3 aromatic rings. The number of aromatic nitrogens is 2. The second kappa shape index (κ2) is 7.28. The number of anilines is 2. The van der Waals surface area contributed by atoms with Crippen LogP contribution in [-0.4, -0.2) is 46.7 Å². The van der Waals surface area contributed by atoms with Crippen molar-refractivity contribution in [1.29, 1.82) is 0 Å². The molecule has 0 atom stereocenters. The predicted octanol–water partition coefficient (Wildman–Crippen LogP) is 3.69. The maximum atomic E-state index is 14.2. The normalized spacial score (nSPS) is 14.6. The standard InChI is InChI=1S/C19H18BrFN4O2/c1-24-5-4-13-17(24)14(19(26)25-6-8-27-9-7-25)11-22-18(13)23-16-3-2-12(20)10-15(16)21/h2-5,10-11H,6-9H2,1H3,(H,22,23).